The normalized spacial score (nSPS) is 10.6. The molecule has 0 spiro atoms. The van der Waals surface area contributed by atoms with E-state index in [9.17, 15) is 4.79 Å². The zero-order valence-corrected chi connectivity index (χ0v) is 12.6. The number of nitrogens with two attached hydrogens (primary N) is 1. The second-order valence-electron chi connectivity index (χ2n) is 4.62. The van der Waals surface area contributed by atoms with Crippen LogP contribution < -0.4 is 11.1 Å². The largest absolute Gasteiger partial charge is 0.397 e. The van der Waals surface area contributed by atoms with Gasteiger partial charge in [0, 0.05) is 7.05 Å². The summed E-state index contributed by atoms with van der Waals surface area (Å²) in [6, 6.07) is 7.53. The third-order valence-corrected chi connectivity index (χ3v) is 3.96. The molecule has 0 unspecified atom stereocenters. The van der Waals surface area contributed by atoms with Gasteiger partial charge in [0.15, 0.2) is 0 Å². The van der Waals surface area contributed by atoms with Crippen molar-refractivity contribution in [1.29, 1.82) is 0 Å². The number of carbonyl (C=O) groups is 1. The Morgan fingerprint density at radius 3 is 2.80 bits per heavy atom. The fourth-order valence-corrected chi connectivity index (χ4v) is 2.73. The number of nitrogen functional groups attached to an aromatic ring is 1. The highest BCUT2D eigenvalue weighted by molar-refractivity contribution is 7.99. The van der Waals surface area contributed by atoms with Gasteiger partial charge in [0.1, 0.15) is 0 Å². The standard InChI is InChI=1S/C14H18N4OS/c1-9-5-4-6-11(15)14(9)16-12(19)8-20-13-7-10(2)17-18(13)3/h4-7H,8,15H2,1-3H3,(H,16,19). The Kier molecular flexibility index (Phi) is 4.34. The zero-order chi connectivity index (χ0) is 14.7. The fourth-order valence-electron chi connectivity index (χ4n) is 1.90. The molecule has 0 saturated heterocycles. The van der Waals surface area contributed by atoms with Crippen molar-refractivity contribution >= 4 is 29.0 Å². The summed E-state index contributed by atoms with van der Waals surface area (Å²) in [5, 5.41) is 8.07. The van der Waals surface area contributed by atoms with Crippen molar-refractivity contribution in [2.75, 3.05) is 16.8 Å². The lowest BCUT2D eigenvalue weighted by molar-refractivity contribution is -0.113. The molecule has 0 atom stereocenters. The molecule has 0 saturated carbocycles. The van der Waals surface area contributed by atoms with Crippen LogP contribution in [0.2, 0.25) is 0 Å². The van der Waals surface area contributed by atoms with Crippen LogP contribution in [-0.4, -0.2) is 21.4 Å². The maximum Gasteiger partial charge on any atom is 0.234 e. The molecule has 0 aliphatic rings. The number of thioether (sulfide) groups is 1. The number of hydrogen-bond donors (Lipinski definition) is 2. The quantitative estimate of drug-likeness (QED) is 0.669. The van der Waals surface area contributed by atoms with Crippen LogP contribution in [0.1, 0.15) is 11.3 Å². The van der Waals surface area contributed by atoms with E-state index in [1.165, 1.54) is 11.8 Å². The number of para-hydroxylation sites is 1. The molecular formula is C14H18N4OS. The summed E-state index contributed by atoms with van der Waals surface area (Å²) >= 11 is 1.45. The number of aryl methyl sites for hydroxylation is 3. The highest BCUT2D eigenvalue weighted by Crippen LogP contribution is 2.23. The molecule has 2 aromatic rings. The van der Waals surface area contributed by atoms with Gasteiger partial charge >= 0.3 is 0 Å². The molecule has 0 aliphatic carbocycles. The van der Waals surface area contributed by atoms with Gasteiger partial charge < -0.3 is 11.1 Å². The van der Waals surface area contributed by atoms with Gasteiger partial charge in [-0.3, -0.25) is 9.48 Å². The Morgan fingerprint density at radius 1 is 1.45 bits per heavy atom. The SMILES string of the molecule is Cc1cc(SCC(=O)Nc2c(C)cccc2N)n(C)n1. The Bertz CT molecular complexity index is 616. The Balaban J connectivity index is 1.98. The van der Waals surface area contributed by atoms with Crippen LogP contribution in [0.3, 0.4) is 0 Å². The number of benzene rings is 1. The maximum atomic E-state index is 12.0. The first kappa shape index (κ1) is 14.5. The molecule has 3 N–H and O–H groups in total. The minimum atomic E-state index is -0.0742. The predicted octanol–water partition coefficient (Wildman–Crippen LogP) is 2.35. The number of anilines is 2. The van der Waals surface area contributed by atoms with Gasteiger partial charge in [-0.1, -0.05) is 23.9 Å². The first-order valence-corrected chi connectivity index (χ1v) is 7.24. The monoisotopic (exact) mass is 290 g/mol. The van der Waals surface area contributed by atoms with Gasteiger partial charge in [0.25, 0.3) is 0 Å². The molecule has 0 fully saturated rings. The molecular weight excluding hydrogens is 272 g/mol. The molecule has 20 heavy (non-hydrogen) atoms. The third-order valence-electron chi connectivity index (χ3n) is 2.88. The van der Waals surface area contributed by atoms with Crippen molar-refractivity contribution in [3.8, 4) is 0 Å². The van der Waals surface area contributed by atoms with E-state index in [0.29, 0.717) is 17.1 Å². The zero-order valence-electron chi connectivity index (χ0n) is 11.8. The van der Waals surface area contributed by atoms with E-state index in [4.69, 9.17) is 5.73 Å². The number of amides is 1. The highest BCUT2D eigenvalue weighted by atomic mass is 32.2. The molecule has 1 amide bonds. The first-order chi connectivity index (χ1) is 9.47. The lowest BCUT2D eigenvalue weighted by Crippen LogP contribution is -2.16. The van der Waals surface area contributed by atoms with Crippen molar-refractivity contribution in [1.82, 2.24) is 9.78 Å². The van der Waals surface area contributed by atoms with E-state index in [-0.39, 0.29) is 5.91 Å². The average molecular weight is 290 g/mol. The smallest absolute Gasteiger partial charge is 0.234 e. The summed E-state index contributed by atoms with van der Waals surface area (Å²) < 4.78 is 1.77. The molecule has 106 valence electrons. The molecule has 2 rings (SSSR count). The third kappa shape index (κ3) is 3.33. The number of nitrogens with one attached hydrogen (secondary N) is 1. The van der Waals surface area contributed by atoms with Crippen LogP contribution in [0.25, 0.3) is 0 Å². The molecule has 1 heterocycles. The summed E-state index contributed by atoms with van der Waals surface area (Å²) in [5.74, 6) is 0.252. The van der Waals surface area contributed by atoms with Crippen molar-refractivity contribution < 1.29 is 4.79 Å². The van der Waals surface area contributed by atoms with Crippen LogP contribution in [0, 0.1) is 13.8 Å². The highest BCUT2D eigenvalue weighted by Gasteiger charge is 2.10. The van der Waals surface area contributed by atoms with Gasteiger partial charge in [0.05, 0.1) is 27.8 Å². The average Bonchev–Trinajstić information content (AvgIpc) is 2.70. The molecule has 5 nitrogen and oxygen atoms in total. The minimum absolute atomic E-state index is 0.0742. The summed E-state index contributed by atoms with van der Waals surface area (Å²) in [4.78, 5) is 12.0. The van der Waals surface area contributed by atoms with Gasteiger partial charge in [-0.15, -0.1) is 0 Å². The van der Waals surface area contributed by atoms with E-state index in [1.54, 1.807) is 10.7 Å². The Hall–Kier alpha value is -1.95. The minimum Gasteiger partial charge on any atom is -0.397 e. The Morgan fingerprint density at radius 2 is 2.20 bits per heavy atom. The van der Waals surface area contributed by atoms with Crippen molar-refractivity contribution in [3.63, 3.8) is 0 Å². The topological polar surface area (TPSA) is 72.9 Å². The molecule has 0 bridgehead atoms. The summed E-state index contributed by atoms with van der Waals surface area (Å²) in [7, 11) is 1.87. The summed E-state index contributed by atoms with van der Waals surface area (Å²) in [6.07, 6.45) is 0. The number of nitrogens with zero attached hydrogens (tertiary/aromatic N) is 2. The predicted molar refractivity (Wildman–Crippen MR) is 82.9 cm³/mol. The van der Waals surface area contributed by atoms with Crippen LogP contribution in [0.5, 0.6) is 0 Å². The van der Waals surface area contributed by atoms with Crippen molar-refractivity contribution in [2.24, 2.45) is 7.05 Å². The van der Waals surface area contributed by atoms with Gasteiger partial charge in [-0.25, -0.2) is 0 Å². The Labute approximate surface area is 122 Å². The van der Waals surface area contributed by atoms with E-state index in [2.05, 4.69) is 10.4 Å². The van der Waals surface area contributed by atoms with Crippen LogP contribution in [0.4, 0.5) is 11.4 Å². The summed E-state index contributed by atoms with van der Waals surface area (Å²) in [5.41, 5.74) is 9.05. The van der Waals surface area contributed by atoms with Crippen LogP contribution >= 0.6 is 11.8 Å². The summed E-state index contributed by atoms with van der Waals surface area (Å²) in [6.45, 7) is 3.85. The number of rotatable bonds is 4. The number of hydrogen-bond acceptors (Lipinski definition) is 4. The van der Waals surface area contributed by atoms with Gasteiger partial charge in [-0.2, -0.15) is 5.10 Å². The first-order valence-electron chi connectivity index (χ1n) is 6.25. The van der Waals surface area contributed by atoms with Crippen molar-refractivity contribution in [2.45, 2.75) is 18.9 Å². The van der Waals surface area contributed by atoms with Gasteiger partial charge in [0.2, 0.25) is 5.91 Å². The van der Waals surface area contributed by atoms with E-state index in [0.717, 1.165) is 16.3 Å². The van der Waals surface area contributed by atoms with Crippen LogP contribution in [-0.2, 0) is 11.8 Å². The fraction of sp³-hybridized carbons (Fsp3) is 0.286. The van der Waals surface area contributed by atoms with E-state index in [1.807, 2.05) is 39.1 Å². The number of aromatic nitrogens is 2. The maximum absolute atomic E-state index is 12.0. The molecule has 1 aromatic carbocycles. The van der Waals surface area contributed by atoms with E-state index < -0.39 is 0 Å². The molecule has 0 radical (unpaired) electrons. The lowest BCUT2D eigenvalue weighted by atomic mass is 10.1. The lowest BCUT2D eigenvalue weighted by Gasteiger charge is -2.10. The number of carbonyl (C=O) groups excluding carboxylic acids is 1. The second-order valence-corrected chi connectivity index (χ2v) is 5.62. The van der Waals surface area contributed by atoms with E-state index >= 15 is 0 Å². The second kappa shape index (κ2) is 6.00. The molecule has 1 aromatic heterocycles. The van der Waals surface area contributed by atoms with Gasteiger partial charge in [-0.05, 0) is 31.5 Å². The van der Waals surface area contributed by atoms with Crippen molar-refractivity contribution in [3.05, 3.63) is 35.5 Å². The van der Waals surface area contributed by atoms with Crippen LogP contribution in [0.15, 0.2) is 29.3 Å². The molecule has 6 heteroatoms. The molecule has 0 aliphatic heterocycles.